The number of aromatic nitrogens is 2. The van der Waals surface area contributed by atoms with Gasteiger partial charge < -0.3 is 9.40 Å². The van der Waals surface area contributed by atoms with Crippen molar-refractivity contribution in [1.29, 1.82) is 0 Å². The summed E-state index contributed by atoms with van der Waals surface area (Å²) < 4.78 is 6.58. The molecule has 142 valence electrons. The summed E-state index contributed by atoms with van der Waals surface area (Å²) >= 11 is 0. The molecule has 8 heteroatoms. The molecular weight excluding hydrogens is 362 g/mol. The Morgan fingerprint density at radius 3 is 2.50 bits per heavy atom. The molecule has 0 radical (unpaired) electrons. The van der Waals surface area contributed by atoms with E-state index >= 15 is 0 Å². The molecule has 2 heterocycles. The van der Waals surface area contributed by atoms with Crippen molar-refractivity contribution < 1.29 is 9.34 Å². The third kappa shape index (κ3) is 2.70. The Morgan fingerprint density at radius 1 is 1.07 bits per heavy atom. The molecule has 8 nitrogen and oxygen atoms in total. The average Bonchev–Trinajstić information content (AvgIpc) is 2.89. The first-order chi connectivity index (χ1) is 13.2. The van der Waals surface area contributed by atoms with E-state index in [2.05, 4.69) is 25.8 Å². The van der Waals surface area contributed by atoms with E-state index in [0.29, 0.717) is 11.1 Å². The second-order valence-corrected chi connectivity index (χ2v) is 7.61. The Bertz CT molecular complexity index is 1420. The highest BCUT2D eigenvalue weighted by molar-refractivity contribution is 5.72. The van der Waals surface area contributed by atoms with Crippen LogP contribution in [0.25, 0.3) is 16.8 Å². The smallest absolute Gasteiger partial charge is 0.303 e. The van der Waals surface area contributed by atoms with E-state index in [0.717, 1.165) is 10.1 Å². The maximum absolute atomic E-state index is 12.9. The number of hydrogen-bond acceptors (Lipinski definition) is 5. The molecule has 0 aromatic heterocycles. The number of non-ortho nitro benzene ring substituents is 1. The number of H-pyrrole nitrogens is 1. The summed E-state index contributed by atoms with van der Waals surface area (Å²) in [4.78, 5) is 39.1. The standard InChI is InChI=1S/C20H17N3O5/c1-20(2,3)11-7-8-15-14(9-11)21-16-17(28-15)19(25)22(18(16)24)12-5-4-6-13(10-12)23(26)27/h4-10,21H,1-3H3. The number of nitrogens with zero attached hydrogens (tertiary/aromatic N) is 2. The topological polar surface area (TPSA) is 111 Å². The van der Waals surface area contributed by atoms with Crippen molar-refractivity contribution in [1.82, 2.24) is 9.55 Å². The van der Waals surface area contributed by atoms with Crippen LogP contribution in [0.3, 0.4) is 0 Å². The SMILES string of the molecule is CC(C)(C)c1ccc2oc3c(=O)n(-c4cccc([N+](=O)[O-])c4)c(=O)c=3[nH]c2c1. The van der Waals surface area contributed by atoms with Gasteiger partial charge in [-0.3, -0.25) is 19.7 Å². The molecule has 0 fully saturated rings. The van der Waals surface area contributed by atoms with Crippen LogP contribution in [-0.4, -0.2) is 14.5 Å². The normalized spacial score (nSPS) is 12.0. The van der Waals surface area contributed by atoms with Crippen LogP contribution in [0, 0.1) is 20.9 Å². The lowest BCUT2D eigenvalue weighted by molar-refractivity contribution is -0.384. The van der Waals surface area contributed by atoms with E-state index in [4.69, 9.17) is 4.42 Å². The van der Waals surface area contributed by atoms with Gasteiger partial charge in [0.1, 0.15) is 0 Å². The molecule has 0 atom stereocenters. The molecule has 1 N–H and O–H groups in total. The van der Waals surface area contributed by atoms with Crippen LogP contribution in [0.1, 0.15) is 26.3 Å². The molecule has 0 bridgehead atoms. The molecule has 0 saturated heterocycles. The fraction of sp³-hybridized carbons (Fsp3) is 0.200. The highest BCUT2D eigenvalue weighted by Crippen LogP contribution is 2.25. The van der Waals surface area contributed by atoms with Crippen LogP contribution in [0.5, 0.6) is 0 Å². The lowest BCUT2D eigenvalue weighted by atomic mass is 9.87. The molecule has 4 rings (SSSR count). The zero-order valence-corrected chi connectivity index (χ0v) is 15.5. The van der Waals surface area contributed by atoms with Crippen molar-refractivity contribution in [2.45, 2.75) is 26.2 Å². The van der Waals surface area contributed by atoms with Gasteiger partial charge in [0.15, 0.2) is 10.9 Å². The summed E-state index contributed by atoms with van der Waals surface area (Å²) in [5, 5.41) is 11.0. The predicted molar refractivity (Wildman–Crippen MR) is 103 cm³/mol. The average molecular weight is 379 g/mol. The summed E-state index contributed by atoms with van der Waals surface area (Å²) in [5.41, 5.74) is 0.466. The highest BCUT2D eigenvalue weighted by Gasteiger charge is 2.19. The maximum atomic E-state index is 12.9. The zero-order valence-electron chi connectivity index (χ0n) is 15.5. The molecule has 0 spiro atoms. The quantitative estimate of drug-likeness (QED) is 0.425. The minimum absolute atomic E-state index is 0.0232. The van der Waals surface area contributed by atoms with E-state index in [-0.39, 0.29) is 27.6 Å². The van der Waals surface area contributed by atoms with E-state index in [1.165, 1.54) is 24.3 Å². The summed E-state index contributed by atoms with van der Waals surface area (Å²) in [6.45, 7) is 6.20. The van der Waals surface area contributed by atoms with Crippen LogP contribution < -0.4 is 11.1 Å². The first kappa shape index (κ1) is 17.7. The fourth-order valence-electron chi connectivity index (χ4n) is 3.12. The number of rotatable bonds is 2. The second kappa shape index (κ2) is 5.91. The van der Waals surface area contributed by atoms with Gasteiger partial charge in [-0.25, -0.2) is 4.57 Å². The number of benzene rings is 2. The predicted octanol–water partition coefficient (Wildman–Crippen LogP) is 3.20. The molecule has 0 amide bonds. The Hall–Kier alpha value is -3.68. The van der Waals surface area contributed by atoms with Gasteiger partial charge in [0, 0.05) is 12.1 Å². The number of hydrogen-bond donors (Lipinski definition) is 1. The van der Waals surface area contributed by atoms with Gasteiger partial charge in [-0.2, -0.15) is 0 Å². The summed E-state index contributed by atoms with van der Waals surface area (Å²) in [7, 11) is 0. The van der Waals surface area contributed by atoms with Gasteiger partial charge in [-0.05, 0) is 29.2 Å². The number of nitro groups is 1. The van der Waals surface area contributed by atoms with Crippen molar-refractivity contribution in [3.05, 3.63) is 89.6 Å². The van der Waals surface area contributed by atoms with E-state index < -0.39 is 16.0 Å². The molecule has 2 aromatic carbocycles. The van der Waals surface area contributed by atoms with Gasteiger partial charge in [-0.15, -0.1) is 0 Å². The van der Waals surface area contributed by atoms with E-state index in [9.17, 15) is 19.7 Å². The van der Waals surface area contributed by atoms with Gasteiger partial charge in [0.2, 0.25) is 5.42 Å². The van der Waals surface area contributed by atoms with Gasteiger partial charge in [0.05, 0.1) is 16.1 Å². The molecule has 2 aromatic rings. The maximum Gasteiger partial charge on any atom is 0.303 e. The summed E-state index contributed by atoms with van der Waals surface area (Å²) in [6, 6.07) is 10.9. The Balaban J connectivity index is 2.02. The van der Waals surface area contributed by atoms with E-state index in [1.807, 2.05) is 12.1 Å². The van der Waals surface area contributed by atoms with E-state index in [1.54, 1.807) is 6.07 Å². The first-order valence-electron chi connectivity index (χ1n) is 8.64. The minimum atomic E-state index is -0.668. The van der Waals surface area contributed by atoms with Crippen molar-refractivity contribution in [2.24, 2.45) is 0 Å². The van der Waals surface area contributed by atoms with Crippen molar-refractivity contribution in [3.63, 3.8) is 0 Å². The largest absolute Gasteiger partial charge is 0.447 e. The van der Waals surface area contributed by atoms with Crippen LogP contribution in [0.2, 0.25) is 0 Å². The fourth-order valence-corrected chi connectivity index (χ4v) is 3.12. The van der Waals surface area contributed by atoms with Crippen LogP contribution in [-0.2, 0) is 5.41 Å². The monoisotopic (exact) mass is 379 g/mol. The zero-order chi connectivity index (χ0) is 20.2. The summed E-state index contributed by atoms with van der Waals surface area (Å²) in [6.07, 6.45) is 0. The third-order valence-corrected chi connectivity index (χ3v) is 4.66. The molecule has 0 saturated carbocycles. The molecule has 2 aliphatic rings. The molecule has 0 aliphatic carbocycles. The lowest BCUT2D eigenvalue weighted by Gasteiger charge is -2.18. The molecule has 28 heavy (non-hydrogen) atoms. The van der Waals surface area contributed by atoms with Gasteiger partial charge in [0.25, 0.3) is 11.2 Å². The number of nitro benzene ring substituents is 1. The number of aromatic amines is 1. The Kier molecular flexibility index (Phi) is 3.74. The van der Waals surface area contributed by atoms with Crippen molar-refractivity contribution >= 4 is 16.8 Å². The van der Waals surface area contributed by atoms with Gasteiger partial charge in [-0.1, -0.05) is 32.9 Å². The van der Waals surface area contributed by atoms with Crippen molar-refractivity contribution in [3.8, 4) is 5.69 Å². The molecule has 0 unspecified atom stereocenters. The molecular formula is C20H17N3O5. The number of nitrogens with one attached hydrogen (secondary N) is 1. The highest BCUT2D eigenvalue weighted by atomic mass is 16.6. The Morgan fingerprint density at radius 2 is 1.82 bits per heavy atom. The van der Waals surface area contributed by atoms with Crippen LogP contribution in [0.15, 0.2) is 56.5 Å². The summed E-state index contributed by atoms with van der Waals surface area (Å²) in [5.74, 6) is 0. The van der Waals surface area contributed by atoms with Crippen molar-refractivity contribution in [2.75, 3.05) is 0 Å². The molecule has 2 aliphatic heterocycles. The minimum Gasteiger partial charge on any atom is -0.447 e. The third-order valence-electron chi connectivity index (χ3n) is 4.66. The first-order valence-corrected chi connectivity index (χ1v) is 8.64. The van der Waals surface area contributed by atoms with Crippen LogP contribution in [0.4, 0.5) is 5.69 Å². The van der Waals surface area contributed by atoms with Crippen LogP contribution >= 0.6 is 0 Å². The Labute approximate surface area is 157 Å². The van der Waals surface area contributed by atoms with Gasteiger partial charge >= 0.3 is 5.56 Å². The number of fused-ring (bicyclic) bond motifs is 1. The second-order valence-electron chi connectivity index (χ2n) is 7.61. The lowest BCUT2D eigenvalue weighted by Crippen LogP contribution is -2.24.